The molecule has 0 spiro atoms. The maximum Gasteiger partial charge on any atom is 0.222 e. The summed E-state index contributed by atoms with van der Waals surface area (Å²) in [6, 6.07) is 27.2. The van der Waals surface area contributed by atoms with Crippen molar-refractivity contribution in [3.8, 4) is 5.75 Å². The van der Waals surface area contributed by atoms with E-state index in [1.165, 1.54) is 5.56 Å². The van der Waals surface area contributed by atoms with Gasteiger partial charge in [-0.05, 0) is 60.4 Å². The molecule has 0 bridgehead atoms. The summed E-state index contributed by atoms with van der Waals surface area (Å²) in [4.78, 5) is 27.5. The number of nitrogens with two attached hydrogens (primary N) is 2. The Hall–Kier alpha value is -4.33. The number of amides is 2. The minimum absolute atomic E-state index is 0.0896. The summed E-state index contributed by atoms with van der Waals surface area (Å²) in [5.41, 5.74) is 9.30. The molecule has 1 unspecified atom stereocenters. The first-order valence-electron chi connectivity index (χ1n) is 13.9. The Morgan fingerprint density at radius 1 is 0.900 bits per heavy atom. The van der Waals surface area contributed by atoms with Crippen LogP contribution in [0.4, 0.5) is 0 Å². The van der Waals surface area contributed by atoms with Crippen molar-refractivity contribution in [3.63, 3.8) is 0 Å². The third kappa shape index (κ3) is 8.86. The van der Waals surface area contributed by atoms with Crippen LogP contribution in [0.15, 0.2) is 90.0 Å². The van der Waals surface area contributed by atoms with Crippen LogP contribution in [0.25, 0.3) is 0 Å². The molecule has 8 nitrogen and oxygen atoms in total. The van der Waals surface area contributed by atoms with E-state index in [-0.39, 0.29) is 23.6 Å². The number of benzene rings is 3. The lowest BCUT2D eigenvalue weighted by Crippen LogP contribution is -2.47. The number of hydrogen-bond acceptors (Lipinski definition) is 5. The van der Waals surface area contributed by atoms with E-state index < -0.39 is 6.04 Å². The summed E-state index contributed by atoms with van der Waals surface area (Å²) in [5, 5.41) is 6.66. The normalized spacial score (nSPS) is 14.9. The van der Waals surface area contributed by atoms with Crippen LogP contribution < -0.4 is 21.6 Å². The molecule has 0 aliphatic carbocycles. The van der Waals surface area contributed by atoms with Gasteiger partial charge in [0.2, 0.25) is 11.8 Å². The first-order chi connectivity index (χ1) is 19.5. The van der Waals surface area contributed by atoms with Crippen molar-refractivity contribution in [1.29, 1.82) is 0 Å². The maximum absolute atomic E-state index is 12.9. The zero-order valence-electron chi connectivity index (χ0n) is 22.9. The quantitative estimate of drug-likeness (QED) is 0.139. The van der Waals surface area contributed by atoms with Gasteiger partial charge in [0.1, 0.15) is 18.2 Å². The van der Waals surface area contributed by atoms with Gasteiger partial charge in [-0.25, -0.2) is 0 Å². The number of carbonyl (C=O) groups is 2. The molecule has 1 aliphatic heterocycles. The molecule has 1 aliphatic rings. The number of ether oxygens (including phenoxy) is 1. The zero-order chi connectivity index (χ0) is 28.2. The number of rotatable bonds is 12. The van der Waals surface area contributed by atoms with E-state index in [0.29, 0.717) is 39.0 Å². The molecular weight excluding hydrogens is 502 g/mol. The highest BCUT2D eigenvalue weighted by Crippen LogP contribution is 2.22. The zero-order valence-corrected chi connectivity index (χ0v) is 22.9. The van der Waals surface area contributed by atoms with Crippen molar-refractivity contribution in [2.45, 2.75) is 51.2 Å². The van der Waals surface area contributed by atoms with Crippen LogP contribution in [0.5, 0.6) is 5.75 Å². The number of amidine groups is 1. The molecule has 1 atom stereocenters. The smallest absolute Gasteiger partial charge is 0.222 e. The van der Waals surface area contributed by atoms with E-state index in [2.05, 4.69) is 10.4 Å². The molecule has 5 N–H and O–H groups in total. The van der Waals surface area contributed by atoms with Crippen LogP contribution in [0, 0.1) is 5.92 Å². The van der Waals surface area contributed by atoms with Crippen LogP contribution in [-0.2, 0) is 29.0 Å². The third-order valence-corrected chi connectivity index (χ3v) is 7.36. The van der Waals surface area contributed by atoms with Crippen molar-refractivity contribution >= 4 is 17.6 Å². The van der Waals surface area contributed by atoms with Gasteiger partial charge in [-0.2, -0.15) is 5.10 Å². The number of hydrazone groups is 1. The molecule has 40 heavy (non-hydrogen) atoms. The standard InChI is InChI=1S/C32H39N5O3/c33-32(36-34)29(21-25-11-14-28(15-12-25)40-23-27-9-5-2-6-10-27)35-30(38)22-26-17-19-37(20-18-26)31(39)16-13-24-7-3-1-4-8-24/h1-12,14-15,26,29H,13,16-23,34H2,(H2,33,36)(H,35,38). The van der Waals surface area contributed by atoms with Crippen LogP contribution in [0.1, 0.15) is 42.4 Å². The van der Waals surface area contributed by atoms with E-state index in [4.69, 9.17) is 16.3 Å². The highest BCUT2D eigenvalue weighted by Gasteiger charge is 2.26. The van der Waals surface area contributed by atoms with Crippen LogP contribution in [0.2, 0.25) is 0 Å². The molecule has 0 radical (unpaired) electrons. The topological polar surface area (TPSA) is 123 Å². The molecule has 3 aromatic rings. The largest absolute Gasteiger partial charge is 0.489 e. The van der Waals surface area contributed by atoms with Crippen molar-refractivity contribution in [2.24, 2.45) is 22.6 Å². The molecule has 210 valence electrons. The average molecular weight is 542 g/mol. The second-order valence-corrected chi connectivity index (χ2v) is 10.3. The predicted octanol–water partition coefficient (Wildman–Crippen LogP) is 3.79. The molecule has 1 heterocycles. The molecule has 2 amide bonds. The molecule has 3 aromatic carbocycles. The fourth-order valence-corrected chi connectivity index (χ4v) is 4.97. The summed E-state index contributed by atoms with van der Waals surface area (Å²) < 4.78 is 5.86. The summed E-state index contributed by atoms with van der Waals surface area (Å²) in [5.74, 6) is 6.71. The number of piperidine rings is 1. The van der Waals surface area contributed by atoms with Gasteiger partial charge in [-0.1, -0.05) is 72.8 Å². The Kier molecular flexibility index (Phi) is 10.6. The molecule has 1 fully saturated rings. The molecular formula is C32H39N5O3. The fourth-order valence-electron chi connectivity index (χ4n) is 4.97. The minimum Gasteiger partial charge on any atom is -0.489 e. The van der Waals surface area contributed by atoms with Gasteiger partial charge in [-0.3, -0.25) is 9.59 Å². The van der Waals surface area contributed by atoms with Crippen molar-refractivity contribution in [3.05, 3.63) is 102 Å². The van der Waals surface area contributed by atoms with E-state index >= 15 is 0 Å². The number of likely N-dealkylation sites (tertiary alicyclic amines) is 1. The first kappa shape index (κ1) is 28.7. The number of nitrogens with zero attached hydrogens (tertiary/aromatic N) is 2. The highest BCUT2D eigenvalue weighted by molar-refractivity contribution is 5.90. The van der Waals surface area contributed by atoms with Gasteiger partial charge in [0.05, 0.1) is 6.04 Å². The fraction of sp³-hybridized carbons (Fsp3) is 0.344. The van der Waals surface area contributed by atoms with E-state index in [9.17, 15) is 9.59 Å². The summed E-state index contributed by atoms with van der Waals surface area (Å²) in [7, 11) is 0. The average Bonchev–Trinajstić information content (AvgIpc) is 3.00. The monoisotopic (exact) mass is 541 g/mol. The Balaban J connectivity index is 1.21. The van der Waals surface area contributed by atoms with Gasteiger partial charge >= 0.3 is 0 Å². The number of carbonyl (C=O) groups excluding carboxylic acids is 2. The number of aryl methyl sites for hydroxylation is 1. The molecule has 8 heteroatoms. The highest BCUT2D eigenvalue weighted by atomic mass is 16.5. The Bertz CT molecular complexity index is 1240. The van der Waals surface area contributed by atoms with Crippen molar-refractivity contribution < 1.29 is 14.3 Å². The lowest BCUT2D eigenvalue weighted by Gasteiger charge is -2.32. The Morgan fingerprint density at radius 3 is 2.15 bits per heavy atom. The van der Waals surface area contributed by atoms with E-state index in [1.807, 2.05) is 89.8 Å². The Labute approximate surface area is 236 Å². The van der Waals surface area contributed by atoms with Crippen molar-refractivity contribution in [2.75, 3.05) is 13.1 Å². The predicted molar refractivity (Wildman–Crippen MR) is 157 cm³/mol. The van der Waals surface area contributed by atoms with Gasteiger partial charge in [-0.15, -0.1) is 0 Å². The minimum atomic E-state index is -0.506. The molecule has 0 aromatic heterocycles. The van der Waals surface area contributed by atoms with Crippen LogP contribution >= 0.6 is 0 Å². The van der Waals surface area contributed by atoms with E-state index in [1.54, 1.807) is 0 Å². The van der Waals surface area contributed by atoms with Gasteiger partial charge in [0.25, 0.3) is 0 Å². The maximum atomic E-state index is 12.9. The lowest BCUT2D eigenvalue weighted by atomic mass is 9.92. The Morgan fingerprint density at radius 2 is 1.52 bits per heavy atom. The lowest BCUT2D eigenvalue weighted by molar-refractivity contribution is -0.132. The van der Waals surface area contributed by atoms with E-state index in [0.717, 1.165) is 36.1 Å². The van der Waals surface area contributed by atoms with Crippen LogP contribution in [0.3, 0.4) is 0 Å². The van der Waals surface area contributed by atoms with Gasteiger partial charge in [0, 0.05) is 25.9 Å². The molecule has 4 rings (SSSR count). The SMILES string of the molecule is N/N=C(\N)C(Cc1ccc(OCc2ccccc2)cc1)NC(=O)CC1CCN(C(=O)CCc2ccccc2)CC1. The number of hydrogen-bond donors (Lipinski definition) is 3. The van der Waals surface area contributed by atoms with Gasteiger partial charge < -0.3 is 26.5 Å². The van der Waals surface area contributed by atoms with Crippen LogP contribution in [-0.4, -0.2) is 41.7 Å². The second-order valence-electron chi connectivity index (χ2n) is 10.3. The summed E-state index contributed by atoms with van der Waals surface area (Å²) in [6.45, 7) is 1.85. The number of nitrogens with one attached hydrogen (secondary N) is 1. The third-order valence-electron chi connectivity index (χ3n) is 7.36. The first-order valence-corrected chi connectivity index (χ1v) is 13.9. The molecule has 0 saturated carbocycles. The second kappa shape index (κ2) is 14.7. The summed E-state index contributed by atoms with van der Waals surface area (Å²) >= 11 is 0. The molecule has 1 saturated heterocycles. The van der Waals surface area contributed by atoms with Gasteiger partial charge in [0.15, 0.2) is 0 Å². The summed E-state index contributed by atoms with van der Waals surface area (Å²) in [6.07, 6.45) is 3.71. The van der Waals surface area contributed by atoms with Crippen molar-refractivity contribution in [1.82, 2.24) is 10.2 Å².